The van der Waals surface area contributed by atoms with Crippen molar-refractivity contribution in [3.63, 3.8) is 0 Å². The van der Waals surface area contributed by atoms with E-state index in [0.29, 0.717) is 6.61 Å². The molecule has 0 unspecified atom stereocenters. The number of hydrogen-bond acceptors (Lipinski definition) is 2. The van der Waals surface area contributed by atoms with Gasteiger partial charge in [0.25, 0.3) is 0 Å². The Morgan fingerprint density at radius 1 is 1.16 bits per heavy atom. The van der Waals surface area contributed by atoms with Gasteiger partial charge in [-0.2, -0.15) is 4.73 Å². The molecule has 0 fully saturated rings. The molecule has 0 N–H and O–H groups in total. The molecule has 0 aliphatic heterocycles. The molecular weight excluding hydrogens is 238 g/mol. The van der Waals surface area contributed by atoms with E-state index < -0.39 is 0 Å². The highest BCUT2D eigenvalue weighted by Gasteiger charge is 2.03. The van der Waals surface area contributed by atoms with Gasteiger partial charge in [0.15, 0.2) is 12.4 Å². The summed E-state index contributed by atoms with van der Waals surface area (Å²) in [6.45, 7) is 6.87. The normalized spacial score (nSPS) is 10.5. The van der Waals surface area contributed by atoms with Crippen molar-refractivity contribution in [3.8, 4) is 5.75 Å². The van der Waals surface area contributed by atoms with E-state index in [1.807, 2.05) is 6.07 Å². The lowest BCUT2D eigenvalue weighted by molar-refractivity contribution is -0.605. The lowest BCUT2D eigenvalue weighted by Gasteiger charge is -2.10. The first-order valence-corrected chi connectivity index (χ1v) is 6.44. The molecule has 0 aliphatic carbocycles. The van der Waals surface area contributed by atoms with Gasteiger partial charge in [0.1, 0.15) is 5.75 Å². The van der Waals surface area contributed by atoms with Crippen LogP contribution in [0.1, 0.15) is 22.3 Å². The third-order valence-electron chi connectivity index (χ3n) is 3.40. The van der Waals surface area contributed by atoms with Crippen LogP contribution in [0.2, 0.25) is 0 Å². The van der Waals surface area contributed by atoms with Gasteiger partial charge in [-0.3, -0.25) is 0 Å². The Morgan fingerprint density at radius 2 is 1.84 bits per heavy atom. The van der Waals surface area contributed by atoms with E-state index in [1.165, 1.54) is 22.9 Å². The number of benzene rings is 1. The van der Waals surface area contributed by atoms with Crippen molar-refractivity contribution < 1.29 is 9.47 Å². The minimum absolute atomic E-state index is 0.575. The summed E-state index contributed by atoms with van der Waals surface area (Å²) >= 11 is 0. The summed E-state index contributed by atoms with van der Waals surface area (Å²) in [7, 11) is 0. The maximum absolute atomic E-state index is 11.1. The van der Waals surface area contributed by atoms with Gasteiger partial charge in [-0.1, -0.05) is 0 Å². The molecule has 0 aliphatic rings. The molecule has 0 spiro atoms. The highest BCUT2D eigenvalue weighted by molar-refractivity contribution is 5.40. The van der Waals surface area contributed by atoms with Crippen molar-refractivity contribution in [1.82, 2.24) is 0 Å². The predicted molar refractivity (Wildman–Crippen MR) is 75.3 cm³/mol. The Bertz CT molecular complexity index is 556. The third-order valence-corrected chi connectivity index (χ3v) is 3.40. The van der Waals surface area contributed by atoms with Crippen LogP contribution in [-0.4, -0.2) is 6.61 Å². The van der Waals surface area contributed by atoms with Crippen LogP contribution in [0.3, 0.4) is 0 Å². The molecule has 0 atom stereocenters. The SMILES string of the molecule is Cc1cc(OCCc2ccc[n+]([O-])c2)cc(C)c1C. The molecule has 1 aromatic carbocycles. The van der Waals surface area contributed by atoms with Crippen molar-refractivity contribution in [2.45, 2.75) is 27.2 Å². The zero-order valence-electron chi connectivity index (χ0n) is 11.6. The van der Waals surface area contributed by atoms with E-state index in [1.54, 1.807) is 12.3 Å². The van der Waals surface area contributed by atoms with E-state index >= 15 is 0 Å². The number of aromatic nitrogens is 1. The number of ether oxygens (including phenoxy) is 1. The molecule has 2 aromatic rings. The summed E-state index contributed by atoms with van der Waals surface area (Å²) in [4.78, 5) is 0. The fourth-order valence-corrected chi connectivity index (χ4v) is 2.01. The van der Waals surface area contributed by atoms with Gasteiger partial charge in [0.2, 0.25) is 0 Å². The van der Waals surface area contributed by atoms with Crippen LogP contribution in [0, 0.1) is 26.0 Å². The fraction of sp³-hybridized carbons (Fsp3) is 0.312. The second-order valence-corrected chi connectivity index (χ2v) is 4.85. The summed E-state index contributed by atoms with van der Waals surface area (Å²) < 4.78 is 6.57. The number of nitrogens with zero attached hydrogens (tertiary/aromatic N) is 1. The van der Waals surface area contributed by atoms with Crippen LogP contribution in [0.25, 0.3) is 0 Å². The average Bonchev–Trinajstić information content (AvgIpc) is 2.36. The van der Waals surface area contributed by atoms with E-state index in [2.05, 4.69) is 32.9 Å². The van der Waals surface area contributed by atoms with Crippen molar-refractivity contribution >= 4 is 0 Å². The van der Waals surface area contributed by atoms with Gasteiger partial charge in [-0.25, -0.2) is 0 Å². The molecule has 0 amide bonds. The summed E-state index contributed by atoms with van der Waals surface area (Å²) in [6, 6.07) is 7.80. The Kier molecular flexibility index (Phi) is 4.05. The minimum atomic E-state index is 0.575. The Hall–Kier alpha value is -2.03. The van der Waals surface area contributed by atoms with Crippen LogP contribution in [0.15, 0.2) is 36.7 Å². The van der Waals surface area contributed by atoms with Gasteiger partial charge in [-0.05, 0) is 55.7 Å². The first kappa shape index (κ1) is 13.4. The van der Waals surface area contributed by atoms with Gasteiger partial charge >= 0.3 is 0 Å². The maximum atomic E-state index is 11.1. The summed E-state index contributed by atoms with van der Waals surface area (Å²) in [5, 5.41) is 11.1. The lowest BCUT2D eigenvalue weighted by Crippen LogP contribution is -2.25. The quantitative estimate of drug-likeness (QED) is 0.623. The van der Waals surface area contributed by atoms with Crippen molar-refractivity contribution in [3.05, 3.63) is 64.1 Å². The second-order valence-electron chi connectivity index (χ2n) is 4.85. The molecular formula is C16H19NO2. The largest absolute Gasteiger partial charge is 0.619 e. The topological polar surface area (TPSA) is 36.2 Å². The molecule has 100 valence electrons. The predicted octanol–water partition coefficient (Wildman–Crippen LogP) is 2.87. The first-order valence-electron chi connectivity index (χ1n) is 6.44. The third kappa shape index (κ3) is 3.47. The number of rotatable bonds is 4. The lowest BCUT2D eigenvalue weighted by atomic mass is 10.0. The van der Waals surface area contributed by atoms with Crippen LogP contribution in [0.5, 0.6) is 5.75 Å². The highest BCUT2D eigenvalue weighted by atomic mass is 16.5. The van der Waals surface area contributed by atoms with Gasteiger partial charge < -0.3 is 9.94 Å². The van der Waals surface area contributed by atoms with E-state index in [-0.39, 0.29) is 0 Å². The Labute approximate surface area is 114 Å². The van der Waals surface area contributed by atoms with Crippen LogP contribution < -0.4 is 9.47 Å². The second kappa shape index (κ2) is 5.74. The van der Waals surface area contributed by atoms with Crippen LogP contribution in [-0.2, 0) is 6.42 Å². The zero-order chi connectivity index (χ0) is 13.8. The number of aryl methyl sites for hydroxylation is 2. The van der Waals surface area contributed by atoms with E-state index in [4.69, 9.17) is 4.74 Å². The molecule has 1 heterocycles. The van der Waals surface area contributed by atoms with Gasteiger partial charge in [0.05, 0.1) is 6.61 Å². The van der Waals surface area contributed by atoms with E-state index in [9.17, 15) is 5.21 Å². The molecule has 3 nitrogen and oxygen atoms in total. The molecule has 0 bridgehead atoms. The number of hydrogen-bond donors (Lipinski definition) is 0. The number of pyridine rings is 1. The summed E-state index contributed by atoms with van der Waals surface area (Å²) in [6.07, 6.45) is 3.79. The smallest absolute Gasteiger partial charge is 0.183 e. The standard InChI is InChI=1S/C16H19NO2/c1-12-9-16(10-13(2)14(12)3)19-8-6-15-5-4-7-17(18)11-15/h4-5,7,9-11H,6,8H2,1-3H3. The molecule has 0 saturated carbocycles. The Balaban J connectivity index is 1.96. The van der Waals surface area contributed by atoms with Crippen LogP contribution in [0.4, 0.5) is 0 Å². The maximum Gasteiger partial charge on any atom is 0.183 e. The molecule has 2 rings (SSSR count). The first-order chi connectivity index (χ1) is 9.06. The monoisotopic (exact) mass is 257 g/mol. The van der Waals surface area contributed by atoms with Crippen LogP contribution >= 0.6 is 0 Å². The zero-order valence-corrected chi connectivity index (χ0v) is 11.6. The minimum Gasteiger partial charge on any atom is -0.619 e. The van der Waals surface area contributed by atoms with Gasteiger partial charge in [0, 0.05) is 18.1 Å². The Morgan fingerprint density at radius 3 is 2.47 bits per heavy atom. The molecule has 3 heteroatoms. The van der Waals surface area contributed by atoms with Crippen molar-refractivity contribution in [2.24, 2.45) is 0 Å². The average molecular weight is 257 g/mol. The van der Waals surface area contributed by atoms with E-state index in [0.717, 1.165) is 22.5 Å². The summed E-state index contributed by atoms with van der Waals surface area (Å²) in [5.74, 6) is 0.895. The fourth-order valence-electron chi connectivity index (χ4n) is 2.01. The molecule has 19 heavy (non-hydrogen) atoms. The van der Waals surface area contributed by atoms with Crippen molar-refractivity contribution in [1.29, 1.82) is 0 Å². The molecule has 1 aromatic heterocycles. The summed E-state index contributed by atoms with van der Waals surface area (Å²) in [5.41, 5.74) is 4.78. The van der Waals surface area contributed by atoms with Crippen molar-refractivity contribution in [2.75, 3.05) is 6.61 Å². The molecule has 0 radical (unpaired) electrons. The highest BCUT2D eigenvalue weighted by Crippen LogP contribution is 2.21. The van der Waals surface area contributed by atoms with Gasteiger partial charge in [-0.15, -0.1) is 0 Å². The molecule has 0 saturated heterocycles.